The fourth-order valence-corrected chi connectivity index (χ4v) is 6.07. The molecule has 2 fully saturated rings. The van der Waals surface area contributed by atoms with Gasteiger partial charge < -0.3 is 0 Å². The first-order chi connectivity index (χ1) is 14.7. The topological polar surface area (TPSA) is 129 Å². The van der Waals surface area contributed by atoms with Gasteiger partial charge in [-0.2, -0.15) is 0 Å². The van der Waals surface area contributed by atoms with Gasteiger partial charge in [0.25, 0.3) is 0 Å². The molecule has 0 radical (unpaired) electrons. The van der Waals surface area contributed by atoms with E-state index in [1.807, 2.05) is 0 Å². The minimum atomic E-state index is -3.65. The van der Waals surface area contributed by atoms with Crippen molar-refractivity contribution >= 4 is 50.5 Å². The molecule has 0 bridgehead atoms. The highest BCUT2D eigenvalue weighted by atomic mass is 35.5. The van der Waals surface area contributed by atoms with Crippen molar-refractivity contribution in [3.8, 4) is 0 Å². The quantitative estimate of drug-likeness (QED) is 0.332. The Bertz CT molecular complexity index is 1170. The Kier molecular flexibility index (Phi) is 6.01. The second-order valence-electron chi connectivity index (χ2n) is 7.69. The Morgan fingerprint density at radius 2 is 1.90 bits per heavy atom. The summed E-state index contributed by atoms with van der Waals surface area (Å²) in [5.74, 6) is -2.82. The van der Waals surface area contributed by atoms with Gasteiger partial charge in [0, 0.05) is 36.0 Å². The molecule has 0 saturated heterocycles. The van der Waals surface area contributed by atoms with Gasteiger partial charge in [-0.25, -0.2) is 13.1 Å². The molecule has 1 aromatic carbocycles. The molecule has 1 heterocycles. The van der Waals surface area contributed by atoms with Crippen molar-refractivity contribution in [3.05, 3.63) is 28.3 Å². The largest absolute Gasteiger partial charge is 0.298 e. The zero-order chi connectivity index (χ0) is 22.3. The maximum atomic E-state index is 13.0. The first-order valence-electron chi connectivity index (χ1n) is 9.70. The van der Waals surface area contributed by atoms with E-state index in [2.05, 4.69) is 15.5 Å². The predicted molar refractivity (Wildman–Crippen MR) is 112 cm³/mol. The van der Waals surface area contributed by atoms with Crippen LogP contribution in [0.4, 0.5) is 0 Å². The summed E-state index contributed by atoms with van der Waals surface area (Å²) in [5, 5.41) is 12.1. The van der Waals surface area contributed by atoms with Gasteiger partial charge >= 0.3 is 0 Å². The lowest BCUT2D eigenvalue weighted by molar-refractivity contribution is -0.133. The molecule has 9 nitrogen and oxygen atoms in total. The van der Waals surface area contributed by atoms with Crippen molar-refractivity contribution < 1.29 is 22.8 Å². The third-order valence-electron chi connectivity index (χ3n) is 5.32. The summed E-state index contributed by atoms with van der Waals surface area (Å²) in [6.45, 7) is 0. The number of ketones is 3. The molecule has 2 aromatic rings. The Balaban J connectivity index is 1.70. The maximum absolute atomic E-state index is 13.0. The van der Waals surface area contributed by atoms with E-state index in [0.29, 0.717) is 11.6 Å². The lowest BCUT2D eigenvalue weighted by atomic mass is 9.81. The smallest absolute Gasteiger partial charge is 0.209 e. The average Bonchev–Trinajstić information content (AvgIpc) is 3.43. The van der Waals surface area contributed by atoms with Crippen LogP contribution in [0.3, 0.4) is 0 Å². The van der Waals surface area contributed by atoms with Crippen LogP contribution in [-0.2, 0) is 25.2 Å². The van der Waals surface area contributed by atoms with E-state index in [1.165, 1.54) is 23.9 Å². The minimum Gasteiger partial charge on any atom is -0.298 e. The van der Waals surface area contributed by atoms with E-state index in [0.717, 1.165) is 19.1 Å². The van der Waals surface area contributed by atoms with Gasteiger partial charge in [-0.15, -0.1) is 5.10 Å². The molecule has 12 heteroatoms. The molecule has 0 amide bonds. The van der Waals surface area contributed by atoms with E-state index in [4.69, 9.17) is 11.6 Å². The normalized spacial score (nSPS) is 17.9. The fraction of sp³-hybridized carbons (Fsp3) is 0.474. The third-order valence-corrected chi connectivity index (χ3v) is 7.89. The molecule has 0 aliphatic heterocycles. The standard InChI is InChI=1S/C19H19ClN4O5S2/c1-31(28,29)15-8-7-11(18(27)16-13(25)3-2-4-14(16)26)17(20)12(15)9-30-19-21-22-23-24(19)10-5-6-10/h7-8,10,16H,2-6,9H2,1H3. The summed E-state index contributed by atoms with van der Waals surface area (Å²) < 4.78 is 26.4. The molecule has 0 atom stereocenters. The van der Waals surface area contributed by atoms with E-state index in [1.54, 1.807) is 4.68 Å². The van der Waals surface area contributed by atoms with Crippen LogP contribution in [0.1, 0.15) is 54.1 Å². The zero-order valence-electron chi connectivity index (χ0n) is 16.6. The molecule has 4 rings (SSSR count). The minimum absolute atomic E-state index is 0.0201. The second-order valence-corrected chi connectivity index (χ2v) is 11.0. The number of nitrogens with zero attached hydrogens (tertiary/aromatic N) is 4. The highest BCUT2D eigenvalue weighted by Crippen LogP contribution is 2.39. The van der Waals surface area contributed by atoms with Crippen LogP contribution in [0.2, 0.25) is 5.02 Å². The van der Waals surface area contributed by atoms with Crippen LogP contribution < -0.4 is 0 Å². The number of hydrogen-bond acceptors (Lipinski definition) is 9. The predicted octanol–water partition coefficient (Wildman–Crippen LogP) is 2.48. The Hall–Kier alpha value is -2.11. The molecular formula is C19H19ClN4O5S2. The molecule has 2 saturated carbocycles. The van der Waals surface area contributed by atoms with Gasteiger partial charge in [0.2, 0.25) is 5.16 Å². The number of hydrogen-bond donors (Lipinski definition) is 0. The van der Waals surface area contributed by atoms with E-state index < -0.39 is 33.1 Å². The molecular weight excluding hydrogens is 464 g/mol. The third kappa shape index (κ3) is 4.44. The van der Waals surface area contributed by atoms with E-state index >= 15 is 0 Å². The number of carbonyl (C=O) groups is 3. The lowest BCUT2D eigenvalue weighted by Crippen LogP contribution is -2.35. The number of rotatable bonds is 7. The molecule has 164 valence electrons. The maximum Gasteiger partial charge on any atom is 0.209 e. The number of tetrazole rings is 1. The van der Waals surface area contributed by atoms with Gasteiger partial charge in [-0.05, 0) is 41.8 Å². The van der Waals surface area contributed by atoms with Crippen LogP contribution >= 0.6 is 23.4 Å². The Morgan fingerprint density at radius 1 is 1.23 bits per heavy atom. The SMILES string of the molecule is CS(=O)(=O)c1ccc(C(=O)C2C(=O)CCCC2=O)c(Cl)c1CSc1nnnn1C1CC1. The van der Waals surface area contributed by atoms with Crippen molar-refractivity contribution in [3.63, 3.8) is 0 Å². The Labute approximate surface area is 187 Å². The molecule has 1 aromatic heterocycles. The molecule has 2 aliphatic rings. The van der Waals surface area contributed by atoms with Gasteiger partial charge in [0.1, 0.15) is 5.92 Å². The highest BCUT2D eigenvalue weighted by Gasteiger charge is 2.38. The van der Waals surface area contributed by atoms with Crippen LogP contribution in [0.25, 0.3) is 0 Å². The Morgan fingerprint density at radius 3 is 2.52 bits per heavy atom. The monoisotopic (exact) mass is 482 g/mol. The first-order valence-corrected chi connectivity index (χ1v) is 13.0. The van der Waals surface area contributed by atoms with Crippen LogP contribution in [0, 0.1) is 5.92 Å². The van der Waals surface area contributed by atoms with Crippen molar-refractivity contribution in [1.29, 1.82) is 0 Å². The summed E-state index contributed by atoms with van der Waals surface area (Å²) in [6, 6.07) is 2.81. The summed E-state index contributed by atoms with van der Waals surface area (Å²) in [5.41, 5.74) is 0.195. The van der Waals surface area contributed by atoms with Crippen LogP contribution in [0.5, 0.6) is 0 Å². The molecule has 0 N–H and O–H groups in total. The fourth-order valence-electron chi connectivity index (χ4n) is 3.59. The second kappa shape index (κ2) is 8.44. The van der Waals surface area contributed by atoms with E-state index in [9.17, 15) is 22.8 Å². The van der Waals surface area contributed by atoms with Gasteiger partial charge in [-0.3, -0.25) is 14.4 Å². The highest BCUT2D eigenvalue weighted by molar-refractivity contribution is 7.98. The number of halogens is 1. The van der Waals surface area contributed by atoms with Gasteiger partial charge in [-0.1, -0.05) is 23.4 Å². The molecule has 0 unspecified atom stereocenters. The number of benzene rings is 1. The number of thioether (sulfide) groups is 1. The summed E-state index contributed by atoms with van der Waals surface area (Å²) in [6.07, 6.45) is 3.75. The van der Waals surface area contributed by atoms with Crippen LogP contribution in [-0.4, -0.2) is 52.2 Å². The summed E-state index contributed by atoms with van der Waals surface area (Å²) in [7, 11) is -3.65. The summed E-state index contributed by atoms with van der Waals surface area (Å²) >= 11 is 7.71. The number of sulfone groups is 1. The van der Waals surface area contributed by atoms with Gasteiger partial charge in [0.15, 0.2) is 27.2 Å². The lowest BCUT2D eigenvalue weighted by Gasteiger charge is -2.20. The number of aromatic nitrogens is 4. The van der Waals surface area contributed by atoms with Crippen LogP contribution in [0.15, 0.2) is 22.2 Å². The number of Topliss-reactive ketones (excluding diaryl/α,β-unsaturated/α-hetero) is 3. The average molecular weight is 483 g/mol. The molecule has 31 heavy (non-hydrogen) atoms. The first kappa shape index (κ1) is 22.1. The number of carbonyl (C=O) groups excluding carboxylic acids is 3. The molecule has 2 aliphatic carbocycles. The zero-order valence-corrected chi connectivity index (χ0v) is 19.0. The van der Waals surface area contributed by atoms with Crippen molar-refractivity contribution in [2.45, 2.75) is 54.0 Å². The summed E-state index contributed by atoms with van der Waals surface area (Å²) in [4.78, 5) is 37.4. The van der Waals surface area contributed by atoms with Crippen molar-refractivity contribution in [2.24, 2.45) is 5.92 Å². The van der Waals surface area contributed by atoms with Crippen molar-refractivity contribution in [2.75, 3.05) is 6.26 Å². The van der Waals surface area contributed by atoms with Gasteiger partial charge in [0.05, 0.1) is 16.0 Å². The van der Waals surface area contributed by atoms with Crippen molar-refractivity contribution in [1.82, 2.24) is 20.2 Å². The molecule has 0 spiro atoms. The van der Waals surface area contributed by atoms with E-state index in [-0.39, 0.29) is 45.7 Å².